The lowest BCUT2D eigenvalue weighted by molar-refractivity contribution is -0.192. The first-order valence-corrected chi connectivity index (χ1v) is 15.0. The van der Waals surface area contributed by atoms with Gasteiger partial charge in [0, 0.05) is 18.7 Å². The summed E-state index contributed by atoms with van der Waals surface area (Å²) in [5.74, 6) is -7.26. The van der Waals surface area contributed by atoms with Crippen LogP contribution in [-0.4, -0.2) is 82.7 Å². The minimum absolute atomic E-state index is 0.00788. The molecule has 2 unspecified atom stereocenters. The fraction of sp³-hybridized carbons (Fsp3) is 0.500. The molecule has 0 radical (unpaired) electrons. The second-order valence-corrected chi connectivity index (χ2v) is 11.1. The number of alkyl halides is 3. The molecule has 1 fully saturated rings. The van der Waals surface area contributed by atoms with Gasteiger partial charge < -0.3 is 43.6 Å². The second kappa shape index (κ2) is 19.5. The number of halogens is 3. The smallest absolute Gasteiger partial charge is 0.475 e. The summed E-state index contributed by atoms with van der Waals surface area (Å²) in [5, 5.41) is 27.3. The van der Waals surface area contributed by atoms with Crippen molar-refractivity contribution in [2.75, 3.05) is 13.1 Å². The summed E-state index contributed by atoms with van der Waals surface area (Å²) in [5.41, 5.74) is 23.2. The number of carboxylic acid groups (broad SMARTS) is 1. The molecular formula is C30H44F3N9O6. The predicted molar refractivity (Wildman–Crippen MR) is 170 cm³/mol. The predicted octanol–water partition coefficient (Wildman–Crippen LogP) is 0.445. The van der Waals surface area contributed by atoms with E-state index in [1.165, 1.54) is 11.0 Å². The van der Waals surface area contributed by atoms with E-state index in [1.807, 2.05) is 0 Å². The van der Waals surface area contributed by atoms with Gasteiger partial charge in [-0.1, -0.05) is 49.6 Å². The highest BCUT2D eigenvalue weighted by Crippen LogP contribution is 2.31. The fourth-order valence-electron chi connectivity index (χ4n) is 5.18. The van der Waals surface area contributed by atoms with Gasteiger partial charge in [-0.25, -0.2) is 4.79 Å². The van der Waals surface area contributed by atoms with E-state index in [1.54, 1.807) is 24.3 Å². The maximum absolute atomic E-state index is 13.9. The topological polar surface area (TPSA) is 285 Å². The Balaban J connectivity index is 0.00000148. The Morgan fingerprint density at radius 2 is 1.56 bits per heavy atom. The molecule has 13 N–H and O–H groups in total. The standard InChI is InChI=1S/C28H43N9O4.C2HF3O2/c1-2-15-37(27(41)20(24(31)38)16-17-10-12-19(13-11-17)23(29)30)22(18-7-4-3-5-8-18)26(40)36-21(25(32)39)9-6-14-35-28(33)34;3-2(4,5)1(6)7/h2,10-13,18,20-22H,1,3-9,14-16H2,(H3,29,30)(H2,31,38)(H2,32,39)(H,36,40)(H4,33,34,35);(H,6,7)/t20?,21?,22-;/m0./s1. The van der Waals surface area contributed by atoms with Gasteiger partial charge in [-0.15, -0.1) is 6.58 Å². The van der Waals surface area contributed by atoms with Crippen molar-refractivity contribution in [1.82, 2.24) is 15.5 Å². The van der Waals surface area contributed by atoms with Crippen molar-refractivity contribution < 1.29 is 42.3 Å². The lowest BCUT2D eigenvalue weighted by atomic mass is 9.82. The largest absolute Gasteiger partial charge is 0.490 e. The van der Waals surface area contributed by atoms with E-state index in [2.05, 4.69) is 17.2 Å². The van der Waals surface area contributed by atoms with Crippen LogP contribution in [-0.2, 0) is 30.4 Å². The molecule has 0 saturated heterocycles. The van der Waals surface area contributed by atoms with Crippen molar-refractivity contribution in [3.63, 3.8) is 0 Å². The number of nitrogens with two attached hydrogens (primary N) is 4. The van der Waals surface area contributed by atoms with E-state index in [9.17, 15) is 32.3 Å². The third kappa shape index (κ3) is 13.7. The van der Waals surface area contributed by atoms with Gasteiger partial charge in [0.1, 0.15) is 23.8 Å². The second-order valence-electron chi connectivity index (χ2n) is 11.1. The molecule has 266 valence electrons. The van der Waals surface area contributed by atoms with Crippen LogP contribution >= 0.6 is 0 Å². The van der Waals surface area contributed by atoms with Crippen molar-refractivity contribution >= 4 is 41.4 Å². The van der Waals surface area contributed by atoms with Crippen molar-refractivity contribution in [3.8, 4) is 0 Å². The molecule has 0 aromatic heterocycles. The summed E-state index contributed by atoms with van der Waals surface area (Å²) in [7, 11) is 0. The molecule has 0 aliphatic heterocycles. The minimum atomic E-state index is -5.08. The number of nitrogens with one attached hydrogen (secondary N) is 4. The number of amides is 4. The van der Waals surface area contributed by atoms with Gasteiger partial charge in [-0.05, 0) is 43.6 Å². The zero-order valence-corrected chi connectivity index (χ0v) is 26.4. The van der Waals surface area contributed by atoms with E-state index in [4.69, 9.17) is 43.7 Å². The molecule has 4 amide bonds. The maximum atomic E-state index is 13.9. The molecule has 0 spiro atoms. The van der Waals surface area contributed by atoms with Crippen LogP contribution in [0.15, 0.2) is 36.9 Å². The van der Waals surface area contributed by atoms with Crippen molar-refractivity contribution in [3.05, 3.63) is 48.0 Å². The Morgan fingerprint density at radius 3 is 2.00 bits per heavy atom. The van der Waals surface area contributed by atoms with Gasteiger partial charge in [-0.2, -0.15) is 13.2 Å². The van der Waals surface area contributed by atoms with Crippen LogP contribution in [0.5, 0.6) is 0 Å². The van der Waals surface area contributed by atoms with Gasteiger partial charge in [0.15, 0.2) is 5.96 Å². The average Bonchev–Trinajstić information content (AvgIpc) is 3.01. The number of carboxylic acids is 1. The summed E-state index contributed by atoms with van der Waals surface area (Å²) in [6, 6.07) is 4.60. The molecule has 3 atom stereocenters. The van der Waals surface area contributed by atoms with E-state index >= 15 is 0 Å². The number of hydrogen-bond donors (Lipinski definition) is 9. The van der Waals surface area contributed by atoms with Crippen molar-refractivity contribution in [2.24, 2.45) is 34.8 Å². The zero-order valence-electron chi connectivity index (χ0n) is 26.4. The Hall–Kier alpha value is -5.16. The lowest BCUT2D eigenvalue weighted by Gasteiger charge is -2.39. The molecule has 0 heterocycles. The summed E-state index contributed by atoms with van der Waals surface area (Å²) in [6.45, 7) is 4.06. The molecule has 1 aromatic rings. The quantitative estimate of drug-likeness (QED) is 0.0384. The molecule has 1 aliphatic rings. The number of guanidine groups is 1. The summed E-state index contributed by atoms with van der Waals surface area (Å²) in [4.78, 5) is 62.8. The van der Waals surface area contributed by atoms with Crippen LogP contribution in [0.3, 0.4) is 0 Å². The SMILES string of the molecule is C=CCN(C(=O)C(Cc1ccc(C(=N)N)cc1)C(N)=O)[C@H](C(=O)NC(CCCNC(=N)N)C(N)=O)C1CCCCC1.O=C(O)C(F)(F)F. The third-order valence-corrected chi connectivity index (χ3v) is 7.54. The van der Waals surface area contributed by atoms with Crippen LogP contribution < -0.4 is 33.6 Å². The van der Waals surface area contributed by atoms with Crippen LogP contribution in [0.1, 0.15) is 56.1 Å². The van der Waals surface area contributed by atoms with Gasteiger partial charge >= 0.3 is 12.1 Å². The van der Waals surface area contributed by atoms with E-state index in [-0.39, 0.29) is 37.1 Å². The number of aliphatic carboxylic acids is 1. The number of nitrogen functional groups attached to an aromatic ring is 1. The molecule has 1 saturated carbocycles. The van der Waals surface area contributed by atoms with Crippen LogP contribution in [0.25, 0.3) is 0 Å². The van der Waals surface area contributed by atoms with E-state index < -0.39 is 53.8 Å². The number of primary amides is 2. The van der Waals surface area contributed by atoms with Gasteiger partial charge in [0.05, 0.1) is 0 Å². The Morgan fingerprint density at radius 1 is 1.00 bits per heavy atom. The average molecular weight is 684 g/mol. The Kier molecular flexibility index (Phi) is 16.6. The van der Waals surface area contributed by atoms with E-state index in [0.717, 1.165) is 19.3 Å². The maximum Gasteiger partial charge on any atom is 0.490 e. The normalized spacial score (nSPS) is 14.9. The number of nitrogens with zero attached hydrogens (tertiary/aromatic N) is 1. The van der Waals surface area contributed by atoms with Gasteiger partial charge in [0.25, 0.3) is 0 Å². The van der Waals surface area contributed by atoms with E-state index in [0.29, 0.717) is 36.9 Å². The van der Waals surface area contributed by atoms with Crippen LogP contribution in [0.4, 0.5) is 13.2 Å². The van der Waals surface area contributed by atoms with Crippen LogP contribution in [0, 0.1) is 22.7 Å². The summed E-state index contributed by atoms with van der Waals surface area (Å²) in [6.07, 6.45) is 1.15. The summed E-state index contributed by atoms with van der Waals surface area (Å²) < 4.78 is 31.7. The number of carbonyl (C=O) groups is 5. The Labute approximate surface area is 275 Å². The number of rotatable bonds is 16. The minimum Gasteiger partial charge on any atom is -0.475 e. The molecular weight excluding hydrogens is 639 g/mol. The number of benzene rings is 1. The molecule has 1 aliphatic carbocycles. The monoisotopic (exact) mass is 683 g/mol. The molecule has 15 nitrogen and oxygen atoms in total. The highest BCUT2D eigenvalue weighted by Gasteiger charge is 2.41. The number of amidine groups is 1. The van der Waals surface area contributed by atoms with Gasteiger partial charge in [-0.3, -0.25) is 30.0 Å². The molecule has 0 bridgehead atoms. The fourth-order valence-corrected chi connectivity index (χ4v) is 5.18. The highest BCUT2D eigenvalue weighted by atomic mass is 19.4. The molecule has 18 heteroatoms. The molecule has 1 aromatic carbocycles. The summed E-state index contributed by atoms with van der Waals surface area (Å²) >= 11 is 0. The highest BCUT2D eigenvalue weighted by molar-refractivity contribution is 6.02. The van der Waals surface area contributed by atoms with Crippen LogP contribution in [0.2, 0.25) is 0 Å². The van der Waals surface area contributed by atoms with Gasteiger partial charge in [0.2, 0.25) is 23.6 Å². The first-order valence-electron chi connectivity index (χ1n) is 15.0. The van der Waals surface area contributed by atoms with Crippen molar-refractivity contribution in [2.45, 2.75) is 69.6 Å². The third-order valence-electron chi connectivity index (χ3n) is 7.54. The number of hydrogen-bond acceptors (Lipinski definition) is 7. The van der Waals surface area contributed by atoms with Crippen molar-refractivity contribution in [1.29, 1.82) is 10.8 Å². The molecule has 48 heavy (non-hydrogen) atoms. The Bertz CT molecular complexity index is 1320. The molecule has 2 rings (SSSR count). The zero-order chi connectivity index (χ0) is 36.6. The first-order chi connectivity index (χ1) is 22.4. The lowest BCUT2D eigenvalue weighted by Crippen LogP contribution is -2.59. The number of carbonyl (C=O) groups excluding carboxylic acids is 4. The first kappa shape index (κ1) is 40.9.